The summed E-state index contributed by atoms with van der Waals surface area (Å²) in [7, 11) is 0. The van der Waals surface area contributed by atoms with Crippen LogP contribution in [0, 0.1) is 0 Å². The van der Waals surface area contributed by atoms with Gasteiger partial charge in [-0.2, -0.15) is 0 Å². The first-order valence-corrected chi connectivity index (χ1v) is 15.7. The molecule has 13 nitrogen and oxygen atoms in total. The summed E-state index contributed by atoms with van der Waals surface area (Å²) in [6.07, 6.45) is 4.95. The topological polar surface area (TPSA) is 176 Å². The summed E-state index contributed by atoms with van der Waals surface area (Å²) >= 11 is 0. The Balaban J connectivity index is 0.000000989. The van der Waals surface area contributed by atoms with Gasteiger partial charge in [-0.25, -0.2) is 4.98 Å². The molecule has 2 atom stereocenters. The number of H-pyrrole nitrogens is 1. The van der Waals surface area contributed by atoms with Gasteiger partial charge >= 0.3 is 0 Å². The Morgan fingerprint density at radius 2 is 1.73 bits per heavy atom. The van der Waals surface area contributed by atoms with Crippen LogP contribution in [0.15, 0.2) is 91.4 Å². The summed E-state index contributed by atoms with van der Waals surface area (Å²) < 4.78 is 12.1. The van der Waals surface area contributed by atoms with Gasteiger partial charge in [0.2, 0.25) is 0 Å². The molecule has 49 heavy (non-hydrogen) atoms. The van der Waals surface area contributed by atoms with Gasteiger partial charge in [-0.05, 0) is 59.7 Å². The fraction of sp³-hybridized carbons (Fsp3) is 0.222. The standard InChI is InChI=1S/C34H30N6O5.C2H4O2/c41-31-20-44-27-5-1-3-22(14-27)24-13-25(18-35-17-24)33(42)39-29-19-40(34(43)28-15-23-4-2-11-36-32(23)38-28)12-10-30(29)45-26-8-6-21(7-9-26)16-37-31;1-2(3)4/h1-9,11,13-15,17-18,29-30H,10,12,16,19-20H2,(H,36,38)(H,37,41)(H,39,42);1H3,(H,3,4)/t29-,30+;/m1./s1. The number of carboxylic acids is 1. The zero-order valence-electron chi connectivity index (χ0n) is 26.6. The Kier molecular flexibility index (Phi) is 9.79. The van der Waals surface area contributed by atoms with E-state index in [4.69, 9.17) is 19.4 Å². The number of carbonyl (C=O) groups excluding carboxylic acids is 3. The Morgan fingerprint density at radius 3 is 2.53 bits per heavy atom. The Morgan fingerprint density at radius 1 is 0.939 bits per heavy atom. The number of aromatic nitrogens is 3. The van der Waals surface area contributed by atoms with E-state index in [1.807, 2.05) is 48.5 Å². The number of ether oxygens (including phenoxy) is 2. The first-order valence-electron chi connectivity index (χ1n) is 15.7. The summed E-state index contributed by atoms with van der Waals surface area (Å²) in [5.41, 5.74) is 3.84. The number of benzene rings is 2. The van der Waals surface area contributed by atoms with Crippen LogP contribution in [0.4, 0.5) is 0 Å². The maximum Gasteiger partial charge on any atom is 0.300 e. The molecule has 3 aromatic heterocycles. The number of hydrogen-bond acceptors (Lipinski definition) is 8. The molecule has 0 spiro atoms. The Bertz CT molecular complexity index is 1960. The minimum Gasteiger partial charge on any atom is -0.488 e. The summed E-state index contributed by atoms with van der Waals surface area (Å²) in [4.78, 5) is 62.2. The number of amides is 3. The van der Waals surface area contributed by atoms with Crippen molar-refractivity contribution in [3.05, 3.63) is 108 Å². The number of pyridine rings is 2. The zero-order valence-corrected chi connectivity index (χ0v) is 26.6. The van der Waals surface area contributed by atoms with Gasteiger partial charge in [0.15, 0.2) is 6.61 Å². The molecule has 3 amide bonds. The Labute approximate surface area is 281 Å². The average Bonchev–Trinajstić information content (AvgIpc) is 3.55. The van der Waals surface area contributed by atoms with Gasteiger partial charge in [0.25, 0.3) is 23.7 Å². The van der Waals surface area contributed by atoms with Crippen molar-refractivity contribution >= 4 is 34.7 Å². The fourth-order valence-electron chi connectivity index (χ4n) is 5.64. The van der Waals surface area contributed by atoms with Gasteiger partial charge in [0.1, 0.15) is 28.9 Å². The zero-order chi connectivity index (χ0) is 34.3. The lowest BCUT2D eigenvalue weighted by atomic mass is 10.00. The fourth-order valence-corrected chi connectivity index (χ4v) is 5.64. The second-order valence-electron chi connectivity index (χ2n) is 11.6. The van der Waals surface area contributed by atoms with Gasteiger partial charge in [-0.15, -0.1) is 0 Å². The third-order valence-electron chi connectivity index (χ3n) is 8.01. The first kappa shape index (κ1) is 32.7. The molecule has 8 rings (SSSR count). The molecule has 6 bridgehead atoms. The van der Waals surface area contributed by atoms with Crippen molar-refractivity contribution < 1.29 is 33.8 Å². The molecule has 0 aliphatic carbocycles. The number of rotatable bonds is 1. The van der Waals surface area contributed by atoms with Crippen molar-refractivity contribution in [2.45, 2.75) is 32.0 Å². The molecular formula is C36H34N6O7. The molecule has 1 fully saturated rings. The van der Waals surface area contributed by atoms with E-state index in [2.05, 4.69) is 25.6 Å². The van der Waals surface area contributed by atoms with E-state index in [0.29, 0.717) is 53.5 Å². The number of hydrogen-bond donors (Lipinski definition) is 4. The van der Waals surface area contributed by atoms with Gasteiger partial charge in [0, 0.05) is 62.5 Å². The second kappa shape index (κ2) is 14.7. The predicted octanol–water partition coefficient (Wildman–Crippen LogP) is 3.82. The van der Waals surface area contributed by atoms with Crippen molar-refractivity contribution in [2.75, 3.05) is 19.7 Å². The van der Waals surface area contributed by atoms with E-state index in [0.717, 1.165) is 23.4 Å². The quantitative estimate of drug-likeness (QED) is 0.208. The van der Waals surface area contributed by atoms with Crippen molar-refractivity contribution in [1.82, 2.24) is 30.5 Å². The van der Waals surface area contributed by atoms with Crippen molar-refractivity contribution in [3.63, 3.8) is 0 Å². The van der Waals surface area contributed by atoms with E-state index < -0.39 is 18.1 Å². The molecule has 3 aliphatic heterocycles. The molecule has 5 aromatic rings. The van der Waals surface area contributed by atoms with Gasteiger partial charge in [-0.3, -0.25) is 24.2 Å². The van der Waals surface area contributed by atoms with Gasteiger partial charge < -0.3 is 35.1 Å². The van der Waals surface area contributed by atoms with E-state index >= 15 is 0 Å². The normalized spacial score (nSPS) is 17.6. The third kappa shape index (κ3) is 8.19. The smallest absolute Gasteiger partial charge is 0.300 e. The number of carbonyl (C=O) groups is 4. The molecule has 4 N–H and O–H groups in total. The number of aromatic amines is 1. The molecular weight excluding hydrogens is 628 g/mol. The van der Waals surface area contributed by atoms with Crippen LogP contribution in [0.3, 0.4) is 0 Å². The molecule has 6 heterocycles. The van der Waals surface area contributed by atoms with E-state index in [1.165, 1.54) is 6.20 Å². The molecule has 1 saturated heterocycles. The van der Waals surface area contributed by atoms with E-state index in [9.17, 15) is 14.4 Å². The van der Waals surface area contributed by atoms with Crippen LogP contribution >= 0.6 is 0 Å². The van der Waals surface area contributed by atoms with Crippen molar-refractivity contribution in [3.8, 4) is 22.6 Å². The van der Waals surface area contributed by atoms with E-state index in [1.54, 1.807) is 41.6 Å². The number of piperidine rings is 1. The maximum absolute atomic E-state index is 13.7. The van der Waals surface area contributed by atoms with Crippen LogP contribution in [-0.4, -0.2) is 80.5 Å². The lowest BCUT2D eigenvalue weighted by molar-refractivity contribution is -0.134. The maximum atomic E-state index is 13.7. The SMILES string of the molecule is CC(=O)O.O=C1COc2cccc(c2)-c2cncc(c2)C(=O)N[C@@H]2CN(C(=O)c3cc4cccnc4[nH]3)CC[C@@H]2Oc2ccc(cc2)CN1. The number of carboxylic acid groups (broad SMARTS) is 1. The second-order valence-corrected chi connectivity index (χ2v) is 11.6. The predicted molar refractivity (Wildman–Crippen MR) is 179 cm³/mol. The number of fused-ring (bicyclic) bond motifs is 8. The van der Waals surface area contributed by atoms with Crippen LogP contribution in [0.2, 0.25) is 0 Å². The monoisotopic (exact) mass is 662 g/mol. The van der Waals surface area contributed by atoms with E-state index in [-0.39, 0.29) is 30.9 Å². The highest BCUT2D eigenvalue weighted by Crippen LogP contribution is 2.26. The molecule has 2 aromatic carbocycles. The first-order chi connectivity index (χ1) is 23.7. The summed E-state index contributed by atoms with van der Waals surface area (Å²) in [6.45, 7) is 1.97. The van der Waals surface area contributed by atoms with Gasteiger partial charge in [-0.1, -0.05) is 24.3 Å². The van der Waals surface area contributed by atoms with Crippen molar-refractivity contribution in [2.24, 2.45) is 0 Å². The highest BCUT2D eigenvalue weighted by molar-refractivity contribution is 5.98. The lowest BCUT2D eigenvalue weighted by Crippen LogP contribution is -2.58. The summed E-state index contributed by atoms with van der Waals surface area (Å²) in [5, 5.41) is 14.3. The molecule has 3 aliphatic rings. The Hall–Kier alpha value is -6.24. The van der Waals surface area contributed by atoms with Crippen molar-refractivity contribution in [1.29, 1.82) is 0 Å². The van der Waals surface area contributed by atoms with Crippen LogP contribution in [0.1, 0.15) is 39.8 Å². The molecule has 13 heteroatoms. The number of aliphatic carboxylic acids is 1. The number of nitrogens with zero attached hydrogens (tertiary/aromatic N) is 3. The van der Waals surface area contributed by atoms with Gasteiger partial charge in [0.05, 0.1) is 11.6 Å². The number of likely N-dealkylation sites (tertiary alicyclic amines) is 1. The lowest BCUT2D eigenvalue weighted by Gasteiger charge is -2.38. The largest absolute Gasteiger partial charge is 0.488 e. The van der Waals surface area contributed by atoms with Crippen LogP contribution in [0.25, 0.3) is 22.2 Å². The summed E-state index contributed by atoms with van der Waals surface area (Å²) in [5.74, 6) is -0.446. The summed E-state index contributed by atoms with van der Waals surface area (Å²) in [6, 6.07) is 21.5. The molecule has 0 unspecified atom stereocenters. The number of nitrogens with one attached hydrogen (secondary N) is 3. The minimum atomic E-state index is -0.833. The van der Waals surface area contributed by atoms with Crippen LogP contribution in [-0.2, 0) is 16.1 Å². The third-order valence-corrected chi connectivity index (χ3v) is 8.01. The minimum absolute atomic E-state index is 0.134. The molecule has 250 valence electrons. The highest BCUT2D eigenvalue weighted by Gasteiger charge is 2.35. The molecule has 0 saturated carbocycles. The molecule has 0 radical (unpaired) electrons. The van der Waals surface area contributed by atoms with Crippen LogP contribution < -0.4 is 20.1 Å². The highest BCUT2D eigenvalue weighted by atomic mass is 16.5. The van der Waals surface area contributed by atoms with Crippen LogP contribution in [0.5, 0.6) is 11.5 Å². The average molecular weight is 663 g/mol.